The van der Waals surface area contributed by atoms with Gasteiger partial charge in [-0.3, -0.25) is 14.9 Å². The third-order valence-electron chi connectivity index (χ3n) is 3.32. The van der Waals surface area contributed by atoms with Crippen molar-refractivity contribution >= 4 is 23.5 Å². The molecule has 2 amide bonds. The minimum absolute atomic E-state index is 0.0531. The first-order chi connectivity index (χ1) is 10.6. The standard InChI is InChI=1S/C15H14N4O3/c1-19-11-9-10(3-4-12(11)22-8-5-13(19)20)14(21)18-15-16-6-2-7-17-15/h2-4,6-7,9H,5,8H2,1H3,(H,16,17,18,21). The van der Waals surface area contributed by atoms with E-state index in [9.17, 15) is 9.59 Å². The van der Waals surface area contributed by atoms with E-state index >= 15 is 0 Å². The topological polar surface area (TPSA) is 84.4 Å². The van der Waals surface area contributed by atoms with Crippen LogP contribution in [0.15, 0.2) is 36.7 Å². The van der Waals surface area contributed by atoms with Crippen molar-refractivity contribution in [1.82, 2.24) is 9.97 Å². The third kappa shape index (κ3) is 2.73. The number of nitrogens with one attached hydrogen (secondary N) is 1. The highest BCUT2D eigenvalue weighted by Crippen LogP contribution is 2.31. The van der Waals surface area contributed by atoms with E-state index < -0.39 is 0 Å². The first-order valence-electron chi connectivity index (χ1n) is 6.77. The van der Waals surface area contributed by atoms with Gasteiger partial charge in [-0.05, 0) is 24.3 Å². The molecule has 1 aliphatic rings. The quantitative estimate of drug-likeness (QED) is 0.907. The number of aromatic nitrogens is 2. The van der Waals surface area contributed by atoms with Crippen LogP contribution in [0.5, 0.6) is 5.75 Å². The van der Waals surface area contributed by atoms with E-state index in [1.807, 2.05) is 0 Å². The fraction of sp³-hybridized carbons (Fsp3) is 0.200. The fourth-order valence-electron chi connectivity index (χ4n) is 2.13. The summed E-state index contributed by atoms with van der Waals surface area (Å²) in [6.45, 7) is 0.333. The molecule has 0 radical (unpaired) electrons. The number of fused-ring (bicyclic) bond motifs is 1. The highest BCUT2D eigenvalue weighted by atomic mass is 16.5. The lowest BCUT2D eigenvalue weighted by Crippen LogP contribution is -2.25. The summed E-state index contributed by atoms with van der Waals surface area (Å²) >= 11 is 0. The van der Waals surface area contributed by atoms with Crippen molar-refractivity contribution in [1.29, 1.82) is 0 Å². The van der Waals surface area contributed by atoms with Crippen molar-refractivity contribution in [3.63, 3.8) is 0 Å². The second kappa shape index (κ2) is 5.80. The van der Waals surface area contributed by atoms with Crippen molar-refractivity contribution in [2.24, 2.45) is 0 Å². The van der Waals surface area contributed by atoms with Crippen LogP contribution in [-0.4, -0.2) is 35.4 Å². The van der Waals surface area contributed by atoms with Gasteiger partial charge in [0, 0.05) is 25.0 Å². The van der Waals surface area contributed by atoms with Gasteiger partial charge in [0.15, 0.2) is 0 Å². The number of carbonyl (C=O) groups excluding carboxylic acids is 2. The third-order valence-corrected chi connectivity index (χ3v) is 3.32. The highest BCUT2D eigenvalue weighted by molar-refractivity contribution is 6.05. The van der Waals surface area contributed by atoms with Crippen LogP contribution in [-0.2, 0) is 4.79 Å². The smallest absolute Gasteiger partial charge is 0.258 e. The summed E-state index contributed by atoms with van der Waals surface area (Å²) in [5.41, 5.74) is 0.973. The molecule has 112 valence electrons. The predicted octanol–water partition coefficient (Wildman–Crippen LogP) is 1.47. The van der Waals surface area contributed by atoms with Crippen molar-refractivity contribution in [2.45, 2.75) is 6.42 Å². The van der Waals surface area contributed by atoms with Crippen molar-refractivity contribution < 1.29 is 14.3 Å². The second-order valence-electron chi connectivity index (χ2n) is 4.76. The summed E-state index contributed by atoms with van der Waals surface area (Å²) in [6.07, 6.45) is 3.39. The van der Waals surface area contributed by atoms with Gasteiger partial charge in [0.1, 0.15) is 5.75 Å². The van der Waals surface area contributed by atoms with Gasteiger partial charge in [0.2, 0.25) is 11.9 Å². The number of hydrogen-bond donors (Lipinski definition) is 1. The van der Waals surface area contributed by atoms with E-state index in [1.54, 1.807) is 43.7 Å². The summed E-state index contributed by atoms with van der Waals surface area (Å²) in [6, 6.07) is 6.61. The van der Waals surface area contributed by atoms with Gasteiger partial charge in [-0.15, -0.1) is 0 Å². The van der Waals surface area contributed by atoms with E-state index in [-0.39, 0.29) is 17.8 Å². The summed E-state index contributed by atoms with van der Waals surface area (Å²) in [7, 11) is 1.66. The Kier molecular flexibility index (Phi) is 3.69. The molecule has 7 heteroatoms. The van der Waals surface area contributed by atoms with Crippen LogP contribution in [0.2, 0.25) is 0 Å². The van der Waals surface area contributed by atoms with E-state index in [0.29, 0.717) is 30.0 Å². The molecule has 0 unspecified atom stereocenters. The molecule has 0 atom stereocenters. The molecule has 2 aromatic rings. The SMILES string of the molecule is CN1C(=O)CCOc2ccc(C(=O)Nc3ncccn3)cc21. The summed E-state index contributed by atoms with van der Waals surface area (Å²) in [4.78, 5) is 33.5. The maximum atomic E-state index is 12.2. The molecule has 0 bridgehead atoms. The molecular weight excluding hydrogens is 284 g/mol. The molecule has 7 nitrogen and oxygen atoms in total. The average Bonchev–Trinajstić information content (AvgIpc) is 2.68. The molecule has 3 rings (SSSR count). The summed E-state index contributed by atoms with van der Waals surface area (Å²) < 4.78 is 5.52. The zero-order valence-electron chi connectivity index (χ0n) is 11.9. The molecule has 0 saturated heterocycles. The molecule has 0 fully saturated rings. The lowest BCUT2D eigenvalue weighted by molar-refractivity contribution is -0.118. The van der Waals surface area contributed by atoms with Gasteiger partial charge >= 0.3 is 0 Å². The fourth-order valence-corrected chi connectivity index (χ4v) is 2.13. The van der Waals surface area contributed by atoms with Crippen LogP contribution in [0.25, 0.3) is 0 Å². The Morgan fingerprint density at radius 2 is 2.09 bits per heavy atom. The second-order valence-corrected chi connectivity index (χ2v) is 4.76. The monoisotopic (exact) mass is 298 g/mol. The van der Waals surface area contributed by atoms with E-state index in [0.717, 1.165) is 0 Å². The van der Waals surface area contributed by atoms with E-state index in [2.05, 4.69) is 15.3 Å². The number of amides is 2. The lowest BCUT2D eigenvalue weighted by Gasteiger charge is -2.17. The Labute approximate surface area is 126 Å². The number of benzene rings is 1. The number of anilines is 2. The molecule has 1 aromatic carbocycles. The number of nitrogens with zero attached hydrogens (tertiary/aromatic N) is 3. The van der Waals surface area contributed by atoms with Gasteiger partial charge in [-0.25, -0.2) is 9.97 Å². The molecule has 22 heavy (non-hydrogen) atoms. The van der Waals surface area contributed by atoms with E-state index in [1.165, 1.54) is 4.90 Å². The number of hydrogen-bond acceptors (Lipinski definition) is 5. The van der Waals surface area contributed by atoms with Crippen LogP contribution < -0.4 is 15.0 Å². The van der Waals surface area contributed by atoms with Crippen molar-refractivity contribution in [2.75, 3.05) is 23.9 Å². The normalized spacial score (nSPS) is 13.9. The van der Waals surface area contributed by atoms with Gasteiger partial charge in [0.25, 0.3) is 5.91 Å². The number of rotatable bonds is 2. The van der Waals surface area contributed by atoms with Crippen LogP contribution >= 0.6 is 0 Å². The molecule has 2 heterocycles. The summed E-state index contributed by atoms with van der Waals surface area (Å²) in [5.74, 6) is 0.408. The molecule has 0 saturated carbocycles. The maximum absolute atomic E-state index is 12.2. The number of ether oxygens (including phenoxy) is 1. The minimum atomic E-state index is -0.348. The Morgan fingerprint density at radius 1 is 1.32 bits per heavy atom. The van der Waals surface area contributed by atoms with Gasteiger partial charge in [-0.1, -0.05) is 0 Å². The molecule has 1 N–H and O–H groups in total. The average molecular weight is 298 g/mol. The van der Waals surface area contributed by atoms with Gasteiger partial charge in [-0.2, -0.15) is 0 Å². The van der Waals surface area contributed by atoms with Crippen molar-refractivity contribution in [3.8, 4) is 5.75 Å². The van der Waals surface area contributed by atoms with Gasteiger partial charge in [0.05, 0.1) is 18.7 Å². The number of carbonyl (C=O) groups is 2. The molecule has 1 aromatic heterocycles. The largest absolute Gasteiger partial charge is 0.491 e. The zero-order valence-corrected chi connectivity index (χ0v) is 11.9. The summed E-state index contributed by atoms with van der Waals surface area (Å²) in [5, 5.41) is 2.60. The van der Waals surface area contributed by atoms with Crippen LogP contribution in [0, 0.1) is 0 Å². The zero-order chi connectivity index (χ0) is 15.5. The highest BCUT2D eigenvalue weighted by Gasteiger charge is 2.21. The molecule has 0 spiro atoms. The van der Waals surface area contributed by atoms with Gasteiger partial charge < -0.3 is 9.64 Å². The lowest BCUT2D eigenvalue weighted by atomic mass is 10.1. The van der Waals surface area contributed by atoms with E-state index in [4.69, 9.17) is 4.74 Å². The van der Waals surface area contributed by atoms with Crippen LogP contribution in [0.1, 0.15) is 16.8 Å². The Balaban J connectivity index is 1.88. The maximum Gasteiger partial charge on any atom is 0.258 e. The van der Waals surface area contributed by atoms with Crippen LogP contribution in [0.3, 0.4) is 0 Å². The Bertz CT molecular complexity index is 718. The first kappa shape index (κ1) is 14.0. The molecule has 1 aliphatic heterocycles. The Morgan fingerprint density at radius 3 is 2.86 bits per heavy atom. The predicted molar refractivity (Wildman–Crippen MR) is 79.9 cm³/mol. The molecule has 0 aliphatic carbocycles. The minimum Gasteiger partial charge on any atom is -0.491 e. The first-order valence-corrected chi connectivity index (χ1v) is 6.77. The Hall–Kier alpha value is -2.96. The molecular formula is C15H14N4O3. The van der Waals surface area contributed by atoms with Crippen LogP contribution in [0.4, 0.5) is 11.6 Å². The van der Waals surface area contributed by atoms with Crippen molar-refractivity contribution in [3.05, 3.63) is 42.2 Å².